The molecule has 0 spiro atoms. The van der Waals surface area contributed by atoms with Gasteiger partial charge in [0.25, 0.3) is 0 Å². The zero-order valence-corrected chi connectivity index (χ0v) is 21.4. The second-order valence-electron chi connectivity index (χ2n) is 10.1. The molecule has 0 amide bonds. The maximum absolute atomic E-state index is 13.2. The van der Waals surface area contributed by atoms with Gasteiger partial charge < -0.3 is 18.9 Å². The molecule has 0 saturated carbocycles. The molecule has 5 aromatic rings. The first kappa shape index (κ1) is 24.3. The Kier molecular flexibility index (Phi) is 6.07. The normalized spacial score (nSPS) is 12.6. The van der Waals surface area contributed by atoms with Crippen molar-refractivity contribution < 1.29 is 19.8 Å². The summed E-state index contributed by atoms with van der Waals surface area (Å²) < 4.78 is 17.8. The van der Waals surface area contributed by atoms with Crippen molar-refractivity contribution in [2.75, 3.05) is 5.32 Å². The van der Waals surface area contributed by atoms with Gasteiger partial charge in [0.1, 0.15) is 16.8 Å². The molecule has 2 aromatic carbocycles. The van der Waals surface area contributed by atoms with Gasteiger partial charge in [0, 0.05) is 36.5 Å². The third-order valence-corrected chi connectivity index (χ3v) is 5.95. The number of carbonyl (C=O) groups is 1. The zero-order valence-electron chi connectivity index (χ0n) is 21.4. The number of hydrogen-bond acceptors (Lipinski definition) is 7. The lowest BCUT2D eigenvalue weighted by Gasteiger charge is -2.22. The summed E-state index contributed by atoms with van der Waals surface area (Å²) in [4.78, 5) is 30.1. The van der Waals surface area contributed by atoms with Crippen molar-refractivity contribution in [3.8, 4) is 11.5 Å². The van der Waals surface area contributed by atoms with Gasteiger partial charge in [0.2, 0.25) is 0 Å². The Hall–Kier alpha value is -4.39. The number of esters is 1. The fourth-order valence-electron chi connectivity index (χ4n) is 4.31. The lowest BCUT2D eigenvalue weighted by Crippen LogP contribution is -2.24. The van der Waals surface area contributed by atoms with Crippen molar-refractivity contribution in [3.05, 3.63) is 93.9 Å². The van der Waals surface area contributed by atoms with Crippen molar-refractivity contribution in [1.82, 2.24) is 4.98 Å². The molecule has 190 valence electrons. The van der Waals surface area contributed by atoms with Crippen molar-refractivity contribution in [2.24, 2.45) is 0 Å². The van der Waals surface area contributed by atoms with Gasteiger partial charge in [0.05, 0.1) is 17.0 Å². The number of rotatable bonds is 5. The van der Waals surface area contributed by atoms with Gasteiger partial charge in [-0.3, -0.25) is 9.78 Å². The molecule has 7 heteroatoms. The first-order chi connectivity index (χ1) is 17.6. The van der Waals surface area contributed by atoms with E-state index < -0.39 is 11.6 Å². The van der Waals surface area contributed by atoms with Crippen LogP contribution in [0.4, 0.5) is 5.69 Å². The minimum absolute atomic E-state index is 0. The molecule has 0 aliphatic rings. The van der Waals surface area contributed by atoms with Crippen molar-refractivity contribution >= 4 is 33.6 Å². The van der Waals surface area contributed by atoms with Crippen LogP contribution in [0.25, 0.3) is 33.5 Å². The maximum atomic E-state index is 13.2. The van der Waals surface area contributed by atoms with Crippen LogP contribution in [0.5, 0.6) is 0 Å². The van der Waals surface area contributed by atoms with Gasteiger partial charge in [-0.1, -0.05) is 18.2 Å². The molecule has 1 N–H and O–H groups in total. The van der Waals surface area contributed by atoms with E-state index in [1.165, 1.54) is 6.07 Å². The first-order valence-electron chi connectivity index (χ1n) is 12.1. The molecule has 7 nitrogen and oxygen atoms in total. The summed E-state index contributed by atoms with van der Waals surface area (Å²) in [5.41, 5.74) is 3.10. The Labute approximate surface area is 215 Å². The number of carbonyl (C=O) groups excluding carboxylic acids is 1. The summed E-state index contributed by atoms with van der Waals surface area (Å²) >= 11 is 0. The average Bonchev–Trinajstić information content (AvgIpc) is 3.27. The van der Waals surface area contributed by atoms with Gasteiger partial charge in [0.15, 0.2) is 16.9 Å². The molecule has 0 aliphatic carbocycles. The van der Waals surface area contributed by atoms with Crippen LogP contribution in [-0.2, 0) is 4.74 Å². The predicted octanol–water partition coefficient (Wildman–Crippen LogP) is 7.28. The van der Waals surface area contributed by atoms with Crippen molar-refractivity contribution in [2.45, 2.75) is 46.3 Å². The monoisotopic (exact) mass is 498 g/mol. The number of aromatic nitrogens is 1. The number of nitrogens with zero attached hydrogens (tertiary/aromatic N) is 1. The highest BCUT2D eigenvalue weighted by Crippen LogP contribution is 2.33. The number of pyridine rings is 1. The third-order valence-electron chi connectivity index (χ3n) is 5.95. The van der Waals surface area contributed by atoms with Crippen LogP contribution >= 0.6 is 0 Å². The van der Waals surface area contributed by atoms with Crippen LogP contribution in [0.15, 0.2) is 80.6 Å². The number of fused-ring (bicyclic) bond motifs is 2. The van der Waals surface area contributed by atoms with E-state index in [2.05, 4.69) is 10.3 Å². The quantitative estimate of drug-likeness (QED) is 0.254. The van der Waals surface area contributed by atoms with Crippen LogP contribution < -0.4 is 10.7 Å². The molecule has 1 atom stereocenters. The summed E-state index contributed by atoms with van der Waals surface area (Å²) in [6, 6.07) is 15.7. The van der Waals surface area contributed by atoms with Crippen molar-refractivity contribution in [1.29, 1.82) is 0 Å². The van der Waals surface area contributed by atoms with E-state index >= 15 is 0 Å². The number of anilines is 1. The molecule has 0 radical (unpaired) electrons. The Morgan fingerprint density at radius 3 is 2.57 bits per heavy atom. The Morgan fingerprint density at radius 1 is 1.05 bits per heavy atom. The summed E-state index contributed by atoms with van der Waals surface area (Å²) in [5.74, 6) is 0.370. The summed E-state index contributed by atoms with van der Waals surface area (Å²) in [5, 5.41) is 4.71. The molecule has 0 bridgehead atoms. The number of hydrogen-bond donors (Lipinski definition) is 1. The van der Waals surface area contributed by atoms with E-state index in [1.54, 1.807) is 36.7 Å². The second kappa shape index (κ2) is 9.24. The fourth-order valence-corrected chi connectivity index (χ4v) is 4.31. The van der Waals surface area contributed by atoms with Crippen LogP contribution in [0.2, 0.25) is 0 Å². The second-order valence-corrected chi connectivity index (χ2v) is 10.1. The van der Waals surface area contributed by atoms with Crippen LogP contribution in [-0.4, -0.2) is 16.6 Å². The van der Waals surface area contributed by atoms with Crippen molar-refractivity contribution in [3.63, 3.8) is 0 Å². The predicted molar refractivity (Wildman–Crippen MR) is 146 cm³/mol. The van der Waals surface area contributed by atoms with E-state index in [0.29, 0.717) is 39.3 Å². The van der Waals surface area contributed by atoms with E-state index in [-0.39, 0.29) is 12.9 Å². The molecule has 1 unspecified atom stereocenters. The molecular formula is C30H30N2O5. The Bertz CT molecular complexity index is 1660. The molecule has 3 aromatic heterocycles. The highest BCUT2D eigenvalue weighted by molar-refractivity contribution is 5.96. The molecule has 0 fully saturated rings. The Morgan fingerprint density at radius 2 is 1.81 bits per heavy atom. The van der Waals surface area contributed by atoms with Crippen LogP contribution in [0.3, 0.4) is 0 Å². The number of aryl methyl sites for hydroxylation is 1. The molecule has 37 heavy (non-hydrogen) atoms. The van der Waals surface area contributed by atoms with E-state index in [4.69, 9.17) is 13.6 Å². The molecule has 0 aliphatic heterocycles. The number of ether oxygens (including phenoxy) is 1. The molecular weight excluding hydrogens is 468 g/mol. The summed E-state index contributed by atoms with van der Waals surface area (Å²) in [6.45, 7) is 9.39. The highest BCUT2D eigenvalue weighted by Gasteiger charge is 2.22. The zero-order chi connectivity index (χ0) is 26.3. The minimum Gasteiger partial charge on any atom is -0.456 e. The lowest BCUT2D eigenvalue weighted by molar-refractivity contribution is 0.00706. The SMILES string of the molecule is Cc1cc(C(C)Nc2ccccc2C(=O)OC(C)(C)C)c2oc(-c3cc4cnccc4o3)cc(=O)c2c1.[HH]. The number of furan rings is 1. The topological polar surface area (TPSA) is 94.6 Å². The Balaban J connectivity index is 0.00000336. The van der Waals surface area contributed by atoms with E-state index in [1.807, 2.05) is 58.9 Å². The fraction of sp³-hybridized carbons (Fsp3) is 0.233. The largest absolute Gasteiger partial charge is 0.456 e. The standard InChI is InChI=1S/C30H28N2O5.H2/c1-17-12-21(18(2)32-23-9-7-6-8-20(23)29(34)37-30(3,4)5)28-22(13-17)24(33)15-27(36-28)26-14-19-16-31-11-10-25(19)35-26;/h6-16,18,32H,1-5H3;1H. The molecule has 0 saturated heterocycles. The highest BCUT2D eigenvalue weighted by atomic mass is 16.6. The van der Waals surface area contributed by atoms with Gasteiger partial charge in [-0.05, 0) is 70.5 Å². The average molecular weight is 499 g/mol. The van der Waals surface area contributed by atoms with Gasteiger partial charge in [-0.15, -0.1) is 0 Å². The summed E-state index contributed by atoms with van der Waals surface area (Å²) in [7, 11) is 0. The molecule has 3 heterocycles. The first-order valence-corrected chi connectivity index (χ1v) is 12.1. The van der Waals surface area contributed by atoms with Crippen LogP contribution in [0.1, 0.15) is 56.6 Å². The maximum Gasteiger partial charge on any atom is 0.340 e. The minimum atomic E-state index is -0.616. The smallest absolute Gasteiger partial charge is 0.340 e. The number of nitrogens with one attached hydrogen (secondary N) is 1. The molecule has 5 rings (SSSR count). The number of para-hydroxylation sites is 1. The van der Waals surface area contributed by atoms with Gasteiger partial charge >= 0.3 is 5.97 Å². The van der Waals surface area contributed by atoms with E-state index in [0.717, 1.165) is 16.5 Å². The van der Waals surface area contributed by atoms with Crippen LogP contribution in [0, 0.1) is 6.92 Å². The van der Waals surface area contributed by atoms with Gasteiger partial charge in [-0.2, -0.15) is 0 Å². The van der Waals surface area contributed by atoms with E-state index in [9.17, 15) is 9.59 Å². The number of benzene rings is 2. The summed E-state index contributed by atoms with van der Waals surface area (Å²) in [6.07, 6.45) is 3.35. The van der Waals surface area contributed by atoms with Gasteiger partial charge in [-0.25, -0.2) is 4.79 Å². The third kappa shape index (κ3) is 4.98. The lowest BCUT2D eigenvalue weighted by atomic mass is 10.0.